The number of furan rings is 1. The van der Waals surface area contributed by atoms with Gasteiger partial charge in [-0.15, -0.1) is 5.10 Å². The minimum Gasteiger partial charge on any atom is -0.465 e. The molecule has 2 saturated heterocycles. The van der Waals surface area contributed by atoms with Gasteiger partial charge in [0, 0.05) is 13.1 Å². The number of nitrogens with zero attached hydrogens (tertiary/aromatic N) is 4. The molecular formula is C21H23F3N6O2. The van der Waals surface area contributed by atoms with E-state index in [1.807, 2.05) is 19.1 Å². The van der Waals surface area contributed by atoms with Crippen LogP contribution in [-0.2, 0) is 11.0 Å². The number of aromatic nitrogens is 3. The van der Waals surface area contributed by atoms with Crippen molar-refractivity contribution in [2.24, 2.45) is 0 Å². The number of aryl methyl sites for hydroxylation is 1. The van der Waals surface area contributed by atoms with Crippen molar-refractivity contribution in [1.29, 1.82) is 0 Å². The van der Waals surface area contributed by atoms with Crippen LogP contribution in [0.25, 0.3) is 11.0 Å². The van der Waals surface area contributed by atoms with Crippen LogP contribution in [0.1, 0.15) is 48.4 Å². The van der Waals surface area contributed by atoms with Crippen LogP contribution in [-0.4, -0.2) is 44.9 Å². The standard InChI is InChI=1S/C21H23F3N6O2/c1-12-4-7-19(32-12)16-10-17(26-25-16)20(31)29-8-2-3-14(11-29)30-18-6-5-13(21(22,23)24)9-15(18)27-28-30/h4-7,9,14,16-17,25-26H,2-3,8,10-11H2,1H3. The highest BCUT2D eigenvalue weighted by molar-refractivity contribution is 5.82. The summed E-state index contributed by atoms with van der Waals surface area (Å²) in [5.41, 5.74) is 6.17. The SMILES string of the molecule is Cc1ccc(C2CC(C(=O)N3CCCC(n4nnc5cc(C(F)(F)F)ccc54)C3)NN2)o1. The zero-order valence-electron chi connectivity index (χ0n) is 17.4. The Hall–Kier alpha value is -2.92. The first-order chi connectivity index (χ1) is 15.3. The van der Waals surface area contributed by atoms with Crippen molar-refractivity contribution in [3.63, 3.8) is 0 Å². The molecule has 2 N–H and O–H groups in total. The van der Waals surface area contributed by atoms with Gasteiger partial charge in [0.25, 0.3) is 0 Å². The lowest BCUT2D eigenvalue weighted by molar-refractivity contribution is -0.137. The van der Waals surface area contributed by atoms with Gasteiger partial charge in [0.2, 0.25) is 5.91 Å². The maximum absolute atomic E-state index is 13.1. The van der Waals surface area contributed by atoms with E-state index < -0.39 is 11.7 Å². The van der Waals surface area contributed by atoms with Gasteiger partial charge in [-0.2, -0.15) is 13.2 Å². The molecule has 2 aliphatic rings. The van der Waals surface area contributed by atoms with Crippen molar-refractivity contribution >= 4 is 16.9 Å². The molecule has 0 bridgehead atoms. The van der Waals surface area contributed by atoms with E-state index in [-0.39, 0.29) is 29.5 Å². The smallest absolute Gasteiger partial charge is 0.416 e. The lowest BCUT2D eigenvalue weighted by Gasteiger charge is -2.34. The van der Waals surface area contributed by atoms with Crippen molar-refractivity contribution in [1.82, 2.24) is 30.7 Å². The second-order valence-corrected chi connectivity index (χ2v) is 8.39. The lowest BCUT2D eigenvalue weighted by Crippen LogP contribution is -2.49. The Kier molecular flexibility index (Phi) is 5.17. The molecule has 4 heterocycles. The van der Waals surface area contributed by atoms with Crippen molar-refractivity contribution in [3.8, 4) is 0 Å². The van der Waals surface area contributed by atoms with Gasteiger partial charge in [0.05, 0.1) is 23.2 Å². The summed E-state index contributed by atoms with van der Waals surface area (Å²) in [7, 11) is 0. The number of fused-ring (bicyclic) bond motifs is 1. The molecule has 1 aromatic carbocycles. The molecule has 0 aliphatic carbocycles. The monoisotopic (exact) mass is 448 g/mol. The van der Waals surface area contributed by atoms with E-state index in [0.29, 0.717) is 25.0 Å². The molecular weight excluding hydrogens is 425 g/mol. The Labute approximate surface area is 181 Å². The number of hydrogen-bond donors (Lipinski definition) is 2. The summed E-state index contributed by atoms with van der Waals surface area (Å²) < 4.78 is 46.3. The molecule has 3 unspecified atom stereocenters. The fourth-order valence-corrected chi connectivity index (χ4v) is 4.51. The van der Waals surface area contributed by atoms with Crippen molar-refractivity contribution < 1.29 is 22.4 Å². The van der Waals surface area contributed by atoms with Crippen LogP contribution < -0.4 is 10.9 Å². The molecule has 0 saturated carbocycles. The van der Waals surface area contributed by atoms with Gasteiger partial charge in [-0.1, -0.05) is 5.21 Å². The Morgan fingerprint density at radius 2 is 2.06 bits per heavy atom. The number of rotatable bonds is 3. The maximum Gasteiger partial charge on any atom is 0.416 e. The minimum atomic E-state index is -4.43. The van der Waals surface area contributed by atoms with Crippen molar-refractivity contribution in [2.45, 2.75) is 50.5 Å². The molecule has 32 heavy (non-hydrogen) atoms. The van der Waals surface area contributed by atoms with Crippen LogP contribution in [0.15, 0.2) is 34.7 Å². The third-order valence-electron chi connectivity index (χ3n) is 6.16. The molecule has 170 valence electrons. The second-order valence-electron chi connectivity index (χ2n) is 8.39. The van der Waals surface area contributed by atoms with Crippen LogP contribution in [0.5, 0.6) is 0 Å². The number of hydrazine groups is 1. The number of alkyl halides is 3. The highest BCUT2D eigenvalue weighted by Crippen LogP contribution is 2.32. The number of benzene rings is 1. The number of halogens is 3. The van der Waals surface area contributed by atoms with Gasteiger partial charge >= 0.3 is 6.18 Å². The van der Waals surface area contributed by atoms with Gasteiger partial charge in [0.15, 0.2) is 0 Å². The number of piperidine rings is 1. The van der Waals surface area contributed by atoms with Gasteiger partial charge in [-0.25, -0.2) is 15.5 Å². The van der Waals surface area contributed by atoms with Crippen LogP contribution in [0, 0.1) is 6.92 Å². The van der Waals surface area contributed by atoms with Gasteiger partial charge < -0.3 is 9.32 Å². The van der Waals surface area contributed by atoms with E-state index in [1.165, 1.54) is 6.07 Å². The second kappa shape index (κ2) is 7.89. The van der Waals surface area contributed by atoms with Gasteiger partial charge in [-0.3, -0.25) is 4.79 Å². The molecule has 2 aliphatic heterocycles. The molecule has 3 atom stereocenters. The molecule has 3 aromatic rings. The quantitative estimate of drug-likeness (QED) is 0.640. The summed E-state index contributed by atoms with van der Waals surface area (Å²) in [6.07, 6.45) is -2.31. The van der Waals surface area contributed by atoms with Gasteiger partial charge in [-0.05, 0) is 56.5 Å². The summed E-state index contributed by atoms with van der Waals surface area (Å²) in [4.78, 5) is 14.9. The van der Waals surface area contributed by atoms with E-state index in [1.54, 1.807) is 9.58 Å². The highest BCUT2D eigenvalue weighted by Gasteiger charge is 2.37. The fourth-order valence-electron chi connectivity index (χ4n) is 4.51. The van der Waals surface area contributed by atoms with Crippen LogP contribution >= 0.6 is 0 Å². The Morgan fingerprint density at radius 1 is 1.22 bits per heavy atom. The number of amides is 1. The number of hydrogen-bond acceptors (Lipinski definition) is 6. The van der Waals surface area contributed by atoms with Crippen molar-refractivity contribution in [2.75, 3.05) is 13.1 Å². The highest BCUT2D eigenvalue weighted by atomic mass is 19.4. The molecule has 0 spiro atoms. The molecule has 11 heteroatoms. The van der Waals surface area contributed by atoms with Crippen molar-refractivity contribution in [3.05, 3.63) is 47.4 Å². The average Bonchev–Trinajstić information content (AvgIpc) is 3.51. The predicted octanol–water partition coefficient (Wildman–Crippen LogP) is 3.12. The Morgan fingerprint density at radius 3 is 2.81 bits per heavy atom. The maximum atomic E-state index is 13.1. The van der Waals surface area contributed by atoms with E-state index in [2.05, 4.69) is 21.2 Å². The minimum absolute atomic E-state index is 0.0169. The third kappa shape index (κ3) is 3.86. The Bertz CT molecular complexity index is 1140. The molecule has 8 nitrogen and oxygen atoms in total. The summed E-state index contributed by atoms with van der Waals surface area (Å²) >= 11 is 0. The summed E-state index contributed by atoms with van der Waals surface area (Å²) in [6.45, 7) is 2.93. The van der Waals surface area contributed by atoms with E-state index in [4.69, 9.17) is 4.42 Å². The van der Waals surface area contributed by atoms with Gasteiger partial charge in [0.1, 0.15) is 23.1 Å². The zero-order chi connectivity index (χ0) is 22.5. The number of nitrogens with one attached hydrogen (secondary N) is 2. The largest absolute Gasteiger partial charge is 0.465 e. The number of likely N-dealkylation sites (tertiary alicyclic amines) is 1. The van der Waals surface area contributed by atoms with E-state index in [9.17, 15) is 18.0 Å². The fraction of sp³-hybridized carbons (Fsp3) is 0.476. The zero-order valence-corrected chi connectivity index (χ0v) is 17.4. The molecule has 2 aromatic heterocycles. The molecule has 5 rings (SSSR count). The summed E-state index contributed by atoms with van der Waals surface area (Å²) in [6, 6.07) is 6.63. The molecule has 0 radical (unpaired) electrons. The average molecular weight is 448 g/mol. The van der Waals surface area contributed by atoms with E-state index in [0.717, 1.165) is 36.5 Å². The Balaban J connectivity index is 1.29. The molecule has 1 amide bonds. The third-order valence-corrected chi connectivity index (χ3v) is 6.16. The first-order valence-electron chi connectivity index (χ1n) is 10.6. The topological polar surface area (TPSA) is 88.2 Å². The van der Waals surface area contributed by atoms with Crippen LogP contribution in [0.2, 0.25) is 0 Å². The van der Waals surface area contributed by atoms with Crippen LogP contribution in [0.4, 0.5) is 13.2 Å². The first kappa shape index (κ1) is 21.0. The molecule has 2 fully saturated rings. The first-order valence-corrected chi connectivity index (χ1v) is 10.6. The van der Waals surface area contributed by atoms with Crippen LogP contribution in [0.3, 0.4) is 0 Å². The number of carbonyl (C=O) groups is 1. The van der Waals surface area contributed by atoms with E-state index >= 15 is 0 Å². The number of carbonyl (C=O) groups excluding carboxylic acids is 1. The lowest BCUT2D eigenvalue weighted by atomic mass is 10.0. The summed E-state index contributed by atoms with van der Waals surface area (Å²) in [5.74, 6) is 1.59. The predicted molar refractivity (Wildman–Crippen MR) is 108 cm³/mol. The summed E-state index contributed by atoms with van der Waals surface area (Å²) in [5, 5.41) is 8.05. The normalized spacial score (nSPS) is 24.4.